The van der Waals surface area contributed by atoms with Crippen molar-refractivity contribution >= 4 is 17.8 Å². The van der Waals surface area contributed by atoms with Crippen LogP contribution in [0.3, 0.4) is 0 Å². The predicted molar refractivity (Wildman–Crippen MR) is 87.6 cm³/mol. The first-order valence-corrected chi connectivity index (χ1v) is 7.68. The summed E-state index contributed by atoms with van der Waals surface area (Å²) in [6.07, 6.45) is 3.68. The van der Waals surface area contributed by atoms with Gasteiger partial charge in [0.15, 0.2) is 23.4 Å². The van der Waals surface area contributed by atoms with E-state index in [0.29, 0.717) is 5.56 Å². The number of rotatable bonds is 6. The second kappa shape index (κ2) is 7.79. The Morgan fingerprint density at radius 3 is 2.62 bits per heavy atom. The smallest absolute Gasteiger partial charge is 0.340 e. The molecule has 3 N–H and O–H groups in total. The molecule has 1 fully saturated rings. The summed E-state index contributed by atoms with van der Waals surface area (Å²) in [4.78, 5) is 22.9. The molecule has 0 heterocycles. The van der Waals surface area contributed by atoms with Gasteiger partial charge in [0.2, 0.25) is 0 Å². The molecule has 1 atom stereocenters. The Labute approximate surface area is 139 Å². The zero-order valence-corrected chi connectivity index (χ0v) is 13.4. The molecule has 1 aromatic rings. The predicted octanol–water partition coefficient (Wildman–Crippen LogP) is 2.65. The van der Waals surface area contributed by atoms with E-state index in [1.165, 1.54) is 31.2 Å². The average Bonchev–Trinajstić information content (AvgIpc) is 2.45. The molecule has 24 heavy (non-hydrogen) atoms. The number of aliphatic hydroxyl groups excluding tert-OH is 2. The number of ketones is 1. The van der Waals surface area contributed by atoms with E-state index in [1.807, 2.05) is 0 Å². The highest BCUT2D eigenvalue weighted by atomic mass is 16.6. The van der Waals surface area contributed by atoms with E-state index in [0.717, 1.165) is 24.8 Å². The molecule has 0 aliphatic heterocycles. The minimum Gasteiger partial charge on any atom is -0.512 e. The van der Waals surface area contributed by atoms with Crippen molar-refractivity contribution < 1.29 is 29.6 Å². The zero-order valence-electron chi connectivity index (χ0n) is 13.4. The first kappa shape index (κ1) is 17.7. The monoisotopic (exact) mass is 332 g/mol. The van der Waals surface area contributed by atoms with E-state index >= 15 is 0 Å². The van der Waals surface area contributed by atoms with Gasteiger partial charge in [0.25, 0.3) is 0 Å². The highest BCUT2D eigenvalue weighted by Crippen LogP contribution is 2.30. The molecule has 1 aliphatic carbocycles. The Kier molecular flexibility index (Phi) is 5.76. The van der Waals surface area contributed by atoms with Gasteiger partial charge in [-0.1, -0.05) is 12.1 Å². The molecule has 0 bridgehead atoms. The van der Waals surface area contributed by atoms with Gasteiger partial charge in [-0.2, -0.15) is 0 Å². The number of benzene rings is 1. The fourth-order valence-electron chi connectivity index (χ4n) is 2.16. The zero-order chi connectivity index (χ0) is 17.7. The number of aromatic hydroxyl groups is 1. The van der Waals surface area contributed by atoms with Crippen LogP contribution in [-0.2, 0) is 9.59 Å². The second-order valence-corrected chi connectivity index (χ2v) is 5.72. The third-order valence-electron chi connectivity index (χ3n) is 3.73. The van der Waals surface area contributed by atoms with Gasteiger partial charge in [0.1, 0.15) is 0 Å². The first-order valence-electron chi connectivity index (χ1n) is 7.68. The Morgan fingerprint density at radius 1 is 1.33 bits per heavy atom. The Morgan fingerprint density at radius 2 is 2.04 bits per heavy atom. The number of carbonyl (C=O) groups is 2. The van der Waals surface area contributed by atoms with Crippen LogP contribution in [0.15, 0.2) is 35.6 Å². The normalized spacial score (nSPS) is 15.0. The molecule has 6 heteroatoms. The molecular formula is C18H20O6. The Hall–Kier alpha value is -2.60. The van der Waals surface area contributed by atoms with Crippen LogP contribution in [0, 0.1) is 0 Å². The van der Waals surface area contributed by atoms with Crippen LogP contribution in [0.1, 0.15) is 38.2 Å². The van der Waals surface area contributed by atoms with Gasteiger partial charge in [-0.15, -0.1) is 0 Å². The molecule has 1 aliphatic rings. The molecule has 0 saturated heterocycles. The lowest BCUT2D eigenvalue weighted by atomic mass is 9.90. The SMILES string of the molecule is CC(=O)/C=C/c1ccc(O)c(OC(=O)C(O)CC(O)=C2CCC2)c1. The van der Waals surface area contributed by atoms with Gasteiger partial charge in [-0.05, 0) is 55.5 Å². The van der Waals surface area contributed by atoms with Crippen molar-refractivity contribution in [2.45, 2.75) is 38.7 Å². The molecule has 6 nitrogen and oxygen atoms in total. The summed E-state index contributed by atoms with van der Waals surface area (Å²) < 4.78 is 5.00. The number of hydrogen-bond acceptors (Lipinski definition) is 6. The van der Waals surface area contributed by atoms with Crippen molar-refractivity contribution in [1.29, 1.82) is 0 Å². The summed E-state index contributed by atoms with van der Waals surface area (Å²) in [6, 6.07) is 4.25. The van der Waals surface area contributed by atoms with Crippen LogP contribution in [0.5, 0.6) is 11.5 Å². The fourth-order valence-corrected chi connectivity index (χ4v) is 2.16. The van der Waals surface area contributed by atoms with Crippen LogP contribution in [0.4, 0.5) is 0 Å². The summed E-state index contributed by atoms with van der Waals surface area (Å²) >= 11 is 0. The third-order valence-corrected chi connectivity index (χ3v) is 3.73. The van der Waals surface area contributed by atoms with Crippen LogP contribution in [0.25, 0.3) is 6.08 Å². The van der Waals surface area contributed by atoms with Crippen molar-refractivity contribution in [2.24, 2.45) is 0 Å². The van der Waals surface area contributed by atoms with E-state index in [1.54, 1.807) is 6.07 Å². The number of hydrogen-bond donors (Lipinski definition) is 3. The summed E-state index contributed by atoms with van der Waals surface area (Å²) in [6.45, 7) is 1.40. The molecule has 128 valence electrons. The van der Waals surface area contributed by atoms with Gasteiger partial charge in [0, 0.05) is 6.42 Å². The van der Waals surface area contributed by atoms with Crippen molar-refractivity contribution in [3.63, 3.8) is 0 Å². The van der Waals surface area contributed by atoms with Gasteiger partial charge in [-0.3, -0.25) is 4.79 Å². The van der Waals surface area contributed by atoms with Crippen molar-refractivity contribution in [3.05, 3.63) is 41.2 Å². The van der Waals surface area contributed by atoms with Crippen LogP contribution in [-0.4, -0.2) is 33.2 Å². The highest BCUT2D eigenvalue weighted by molar-refractivity contribution is 5.91. The number of allylic oxidation sites excluding steroid dienone is 2. The summed E-state index contributed by atoms with van der Waals surface area (Å²) in [5, 5.41) is 29.4. The lowest BCUT2D eigenvalue weighted by Crippen LogP contribution is -2.26. The molecule has 2 rings (SSSR count). The fraction of sp³-hybridized carbons (Fsp3) is 0.333. The first-order chi connectivity index (χ1) is 11.4. The Bertz CT molecular complexity index is 695. The van der Waals surface area contributed by atoms with Crippen LogP contribution in [0.2, 0.25) is 0 Å². The van der Waals surface area contributed by atoms with E-state index in [2.05, 4.69) is 0 Å². The summed E-state index contributed by atoms with van der Waals surface area (Å²) in [7, 11) is 0. The summed E-state index contributed by atoms with van der Waals surface area (Å²) in [5.74, 6) is -1.48. The number of ether oxygens (including phenoxy) is 1. The number of phenolic OH excluding ortho intramolecular Hbond substituents is 1. The number of carbonyl (C=O) groups excluding carboxylic acids is 2. The van der Waals surface area contributed by atoms with Crippen LogP contribution < -0.4 is 4.74 Å². The van der Waals surface area contributed by atoms with Gasteiger partial charge in [-0.25, -0.2) is 4.79 Å². The molecular weight excluding hydrogens is 312 g/mol. The highest BCUT2D eigenvalue weighted by Gasteiger charge is 2.23. The third kappa shape index (κ3) is 4.70. The molecule has 0 aromatic heterocycles. The standard InChI is InChI=1S/C18H20O6/c1-11(19)5-6-12-7-8-14(20)17(9-12)24-18(23)16(22)10-15(21)13-3-2-4-13/h5-9,16,20-22H,2-4,10H2,1H3/b6-5+. The number of esters is 1. The maximum absolute atomic E-state index is 11.9. The Balaban J connectivity index is 2.04. The molecule has 1 unspecified atom stereocenters. The minimum absolute atomic E-state index is 0.0214. The largest absolute Gasteiger partial charge is 0.512 e. The second-order valence-electron chi connectivity index (χ2n) is 5.72. The van der Waals surface area contributed by atoms with Gasteiger partial charge in [0.05, 0.1) is 5.76 Å². The molecule has 1 saturated carbocycles. The maximum atomic E-state index is 11.9. The van der Waals surface area contributed by atoms with Crippen molar-refractivity contribution in [1.82, 2.24) is 0 Å². The van der Waals surface area contributed by atoms with Gasteiger partial charge >= 0.3 is 5.97 Å². The van der Waals surface area contributed by atoms with Crippen molar-refractivity contribution in [3.8, 4) is 11.5 Å². The van der Waals surface area contributed by atoms with E-state index in [9.17, 15) is 24.9 Å². The average molecular weight is 332 g/mol. The number of phenols is 1. The quantitative estimate of drug-likeness (QED) is 0.320. The van der Waals surface area contributed by atoms with E-state index in [4.69, 9.17) is 4.74 Å². The van der Waals surface area contributed by atoms with E-state index < -0.39 is 12.1 Å². The van der Waals surface area contributed by atoms with Crippen LogP contribution >= 0.6 is 0 Å². The maximum Gasteiger partial charge on any atom is 0.340 e. The lowest BCUT2D eigenvalue weighted by molar-refractivity contribution is -0.144. The topological polar surface area (TPSA) is 104 Å². The number of aliphatic hydroxyl groups is 2. The molecule has 0 radical (unpaired) electrons. The van der Waals surface area contributed by atoms with Gasteiger partial charge < -0.3 is 20.1 Å². The minimum atomic E-state index is -1.52. The molecule has 0 amide bonds. The van der Waals surface area contributed by atoms with Crippen molar-refractivity contribution in [2.75, 3.05) is 0 Å². The lowest BCUT2D eigenvalue weighted by Gasteiger charge is -2.19. The summed E-state index contributed by atoms with van der Waals surface area (Å²) in [5.41, 5.74) is 1.40. The van der Waals surface area contributed by atoms with E-state index in [-0.39, 0.29) is 29.5 Å². The molecule has 0 spiro atoms. The molecule has 1 aromatic carbocycles.